The fourth-order valence-corrected chi connectivity index (χ4v) is 6.14. The average molecular weight is 539 g/mol. The predicted molar refractivity (Wildman–Crippen MR) is 160 cm³/mol. The van der Waals surface area contributed by atoms with Crippen LogP contribution < -0.4 is 0 Å². The first-order valence-corrected chi connectivity index (χ1v) is 15.6. The van der Waals surface area contributed by atoms with Crippen LogP contribution in [0.4, 0.5) is 0 Å². The van der Waals surface area contributed by atoms with Gasteiger partial charge in [0.1, 0.15) is 5.82 Å². The van der Waals surface area contributed by atoms with Crippen molar-refractivity contribution in [2.45, 2.75) is 56.6 Å². The standard InChI is InChI=1S/C33H38N4OS/c1-39-29-17-15-26(16-18-29)33(38)36(21-25-13-14-25)24-32-34-30-11-5-6-12-31(30)37(32)23-28-10-4-3-9-27(28)22-35-19-7-2-8-20-35/h3-6,9-12,15-18,25H,2,7-8,13-14,19-24H2,1H3. The highest BCUT2D eigenvalue weighted by Crippen LogP contribution is 2.31. The third kappa shape index (κ3) is 6.23. The Hall–Kier alpha value is -3.09. The summed E-state index contributed by atoms with van der Waals surface area (Å²) in [6, 6.07) is 25.3. The first-order chi connectivity index (χ1) is 19.2. The molecule has 1 aliphatic heterocycles. The number of imidazole rings is 1. The van der Waals surface area contributed by atoms with Crippen LogP contribution in [0.15, 0.2) is 77.7 Å². The lowest BCUT2D eigenvalue weighted by Gasteiger charge is -2.27. The molecule has 0 unspecified atom stereocenters. The maximum Gasteiger partial charge on any atom is 0.254 e. The predicted octanol–water partition coefficient (Wildman–Crippen LogP) is 6.84. The van der Waals surface area contributed by atoms with Crippen molar-refractivity contribution < 1.29 is 4.79 Å². The Morgan fingerprint density at radius 3 is 2.31 bits per heavy atom. The van der Waals surface area contributed by atoms with Gasteiger partial charge in [0.25, 0.3) is 5.91 Å². The molecule has 3 aromatic carbocycles. The molecule has 2 aliphatic rings. The normalized spacial score (nSPS) is 16.0. The lowest BCUT2D eigenvalue weighted by molar-refractivity contribution is 0.0729. The second kappa shape index (κ2) is 12.0. The smallest absolute Gasteiger partial charge is 0.254 e. The lowest BCUT2D eigenvalue weighted by atomic mass is 10.0. The molecule has 4 aromatic rings. The van der Waals surface area contributed by atoms with Gasteiger partial charge in [-0.05, 0) is 98.5 Å². The molecule has 2 heterocycles. The summed E-state index contributed by atoms with van der Waals surface area (Å²) in [5, 5.41) is 0. The Morgan fingerprint density at radius 1 is 0.897 bits per heavy atom. The number of nitrogens with zero attached hydrogens (tertiary/aromatic N) is 4. The molecule has 0 bridgehead atoms. The van der Waals surface area contributed by atoms with Crippen molar-refractivity contribution in [3.8, 4) is 0 Å². The van der Waals surface area contributed by atoms with E-state index in [9.17, 15) is 4.79 Å². The van der Waals surface area contributed by atoms with Crippen LogP contribution in [0.2, 0.25) is 0 Å². The summed E-state index contributed by atoms with van der Waals surface area (Å²) in [7, 11) is 0. The molecule has 1 aliphatic carbocycles. The largest absolute Gasteiger partial charge is 0.331 e. The molecule has 1 amide bonds. The molecule has 0 spiro atoms. The number of benzene rings is 3. The topological polar surface area (TPSA) is 41.4 Å². The Morgan fingerprint density at radius 2 is 1.59 bits per heavy atom. The number of amides is 1. The summed E-state index contributed by atoms with van der Waals surface area (Å²) in [5.74, 6) is 1.65. The highest BCUT2D eigenvalue weighted by molar-refractivity contribution is 7.98. The van der Waals surface area contributed by atoms with Crippen molar-refractivity contribution in [2.24, 2.45) is 5.92 Å². The van der Waals surface area contributed by atoms with E-state index in [2.05, 4.69) is 58.2 Å². The quantitative estimate of drug-likeness (QED) is 0.207. The average Bonchev–Trinajstić information content (AvgIpc) is 3.74. The molecular weight excluding hydrogens is 500 g/mol. The zero-order valence-electron chi connectivity index (χ0n) is 22.9. The Balaban J connectivity index is 1.31. The lowest BCUT2D eigenvalue weighted by Crippen LogP contribution is -2.33. The summed E-state index contributed by atoms with van der Waals surface area (Å²) in [6.45, 7) is 5.43. The molecule has 0 N–H and O–H groups in total. The molecular formula is C33H38N4OS. The number of likely N-dealkylation sites (tertiary alicyclic amines) is 1. The van der Waals surface area contributed by atoms with Gasteiger partial charge >= 0.3 is 0 Å². The zero-order valence-corrected chi connectivity index (χ0v) is 23.7. The van der Waals surface area contributed by atoms with Crippen molar-refractivity contribution in [1.29, 1.82) is 0 Å². The summed E-state index contributed by atoms with van der Waals surface area (Å²) in [6.07, 6.45) is 8.41. The van der Waals surface area contributed by atoms with Gasteiger partial charge < -0.3 is 9.47 Å². The van der Waals surface area contributed by atoms with Gasteiger partial charge in [0.2, 0.25) is 0 Å². The number of thioether (sulfide) groups is 1. The number of fused-ring (bicyclic) bond motifs is 1. The van der Waals surface area contributed by atoms with E-state index in [1.54, 1.807) is 11.8 Å². The van der Waals surface area contributed by atoms with Gasteiger partial charge in [-0.3, -0.25) is 9.69 Å². The van der Waals surface area contributed by atoms with Crippen LogP contribution in [0, 0.1) is 5.92 Å². The number of carbonyl (C=O) groups excluding carboxylic acids is 1. The van der Waals surface area contributed by atoms with Crippen molar-refractivity contribution in [3.63, 3.8) is 0 Å². The Bertz CT molecular complexity index is 1420. The number of hydrogen-bond acceptors (Lipinski definition) is 4. The third-order valence-electron chi connectivity index (χ3n) is 8.16. The van der Waals surface area contributed by atoms with Gasteiger partial charge in [-0.2, -0.15) is 0 Å². The van der Waals surface area contributed by atoms with Gasteiger partial charge in [-0.1, -0.05) is 42.8 Å². The number of rotatable bonds is 10. The van der Waals surface area contributed by atoms with Crippen LogP contribution in [0.3, 0.4) is 0 Å². The molecule has 1 aromatic heterocycles. The first kappa shape index (κ1) is 26.1. The van der Waals surface area contributed by atoms with Crippen LogP contribution in [0.25, 0.3) is 11.0 Å². The molecule has 2 fully saturated rings. The summed E-state index contributed by atoms with van der Waals surface area (Å²) in [4.78, 5) is 24.6. The van der Waals surface area contributed by atoms with Crippen molar-refractivity contribution in [3.05, 3.63) is 95.3 Å². The molecule has 1 saturated heterocycles. The number of carbonyl (C=O) groups is 1. The molecule has 202 valence electrons. The number of para-hydroxylation sites is 2. The SMILES string of the molecule is CSc1ccc(C(=O)N(Cc2nc3ccccc3n2Cc2ccccc2CN2CCCCC2)CC2CC2)cc1. The molecule has 6 rings (SSSR count). The van der Waals surface area contributed by atoms with Crippen LogP contribution in [0.5, 0.6) is 0 Å². The van der Waals surface area contributed by atoms with Gasteiger partial charge in [-0.15, -0.1) is 11.8 Å². The number of hydrogen-bond donors (Lipinski definition) is 0. The molecule has 6 heteroatoms. The van der Waals surface area contributed by atoms with Crippen molar-refractivity contribution in [1.82, 2.24) is 19.4 Å². The molecule has 0 radical (unpaired) electrons. The van der Waals surface area contributed by atoms with E-state index in [1.807, 2.05) is 35.2 Å². The summed E-state index contributed by atoms with van der Waals surface area (Å²) >= 11 is 1.70. The maximum absolute atomic E-state index is 13.7. The minimum Gasteiger partial charge on any atom is -0.331 e. The van der Waals surface area contributed by atoms with Gasteiger partial charge in [0, 0.05) is 30.1 Å². The second-order valence-corrected chi connectivity index (χ2v) is 11.9. The van der Waals surface area contributed by atoms with Crippen LogP contribution in [-0.2, 0) is 19.6 Å². The minimum absolute atomic E-state index is 0.0960. The van der Waals surface area contributed by atoms with E-state index in [1.165, 1.54) is 61.2 Å². The zero-order chi connectivity index (χ0) is 26.6. The van der Waals surface area contributed by atoms with Gasteiger partial charge in [0.05, 0.1) is 17.6 Å². The first-order valence-electron chi connectivity index (χ1n) is 14.3. The van der Waals surface area contributed by atoms with Crippen molar-refractivity contribution >= 4 is 28.7 Å². The highest BCUT2D eigenvalue weighted by atomic mass is 32.2. The van der Waals surface area contributed by atoms with E-state index in [4.69, 9.17) is 4.98 Å². The van der Waals surface area contributed by atoms with Crippen LogP contribution in [-0.4, -0.2) is 51.1 Å². The molecule has 5 nitrogen and oxygen atoms in total. The molecule has 1 saturated carbocycles. The summed E-state index contributed by atoms with van der Waals surface area (Å²) < 4.78 is 2.34. The van der Waals surface area contributed by atoms with Crippen LogP contribution in [0.1, 0.15) is 59.4 Å². The summed E-state index contributed by atoms with van der Waals surface area (Å²) in [5.41, 5.74) is 5.60. The Kier molecular flexibility index (Phi) is 8.03. The maximum atomic E-state index is 13.7. The molecule has 39 heavy (non-hydrogen) atoms. The fourth-order valence-electron chi connectivity index (χ4n) is 5.74. The fraction of sp³-hybridized carbons (Fsp3) is 0.394. The highest BCUT2D eigenvalue weighted by Gasteiger charge is 2.29. The second-order valence-electron chi connectivity index (χ2n) is 11.1. The van der Waals surface area contributed by atoms with Gasteiger partial charge in [0.15, 0.2) is 0 Å². The van der Waals surface area contributed by atoms with Crippen molar-refractivity contribution in [2.75, 3.05) is 25.9 Å². The van der Waals surface area contributed by atoms with E-state index in [0.717, 1.165) is 42.1 Å². The number of piperidine rings is 1. The van der Waals surface area contributed by atoms with Crippen LogP contribution >= 0.6 is 11.8 Å². The minimum atomic E-state index is 0.0960. The molecule has 0 atom stereocenters. The van der Waals surface area contributed by atoms with Gasteiger partial charge in [-0.25, -0.2) is 4.98 Å². The Labute approximate surface area is 236 Å². The third-order valence-corrected chi connectivity index (χ3v) is 8.90. The van der Waals surface area contributed by atoms with E-state index < -0.39 is 0 Å². The monoisotopic (exact) mass is 538 g/mol. The van der Waals surface area contributed by atoms with E-state index in [-0.39, 0.29) is 5.91 Å². The van der Waals surface area contributed by atoms with E-state index in [0.29, 0.717) is 12.5 Å². The van der Waals surface area contributed by atoms with E-state index >= 15 is 0 Å². The number of aromatic nitrogens is 2.